The fourth-order valence-electron chi connectivity index (χ4n) is 2.85. The molecular formula is C22H17N3O3S2. The molecule has 3 amide bonds. The van der Waals surface area contributed by atoms with E-state index in [9.17, 15) is 14.4 Å². The van der Waals surface area contributed by atoms with Gasteiger partial charge in [0.25, 0.3) is 11.1 Å². The van der Waals surface area contributed by atoms with Gasteiger partial charge in [0.1, 0.15) is 5.03 Å². The zero-order chi connectivity index (χ0) is 20.9. The van der Waals surface area contributed by atoms with E-state index in [-0.39, 0.29) is 29.4 Å². The standard InChI is InChI=1S/C22H17N3O3S2/c26-19-14-29-22(28)25(19)13-15-8-10-16(11-9-15)24-20(27)18-7-4-12-23-21(18)30-17-5-2-1-3-6-17/h1-12H,13-14H2,(H,24,27). The van der Waals surface area contributed by atoms with Crippen molar-refractivity contribution in [3.05, 3.63) is 84.1 Å². The van der Waals surface area contributed by atoms with E-state index < -0.39 is 0 Å². The van der Waals surface area contributed by atoms with E-state index in [1.807, 2.05) is 30.3 Å². The van der Waals surface area contributed by atoms with Gasteiger partial charge in [0.05, 0.1) is 17.9 Å². The topological polar surface area (TPSA) is 79.4 Å². The number of hydrogen-bond acceptors (Lipinski definition) is 6. The molecule has 0 unspecified atom stereocenters. The van der Waals surface area contributed by atoms with Gasteiger partial charge in [-0.25, -0.2) is 4.98 Å². The first-order valence-electron chi connectivity index (χ1n) is 9.15. The maximum atomic E-state index is 12.8. The molecule has 0 spiro atoms. The third-order valence-corrected chi connectivity index (χ3v) is 6.25. The van der Waals surface area contributed by atoms with Crippen molar-refractivity contribution in [1.82, 2.24) is 9.88 Å². The van der Waals surface area contributed by atoms with Gasteiger partial charge in [0.15, 0.2) is 0 Å². The summed E-state index contributed by atoms with van der Waals surface area (Å²) in [5.41, 5.74) is 1.93. The largest absolute Gasteiger partial charge is 0.322 e. The Balaban J connectivity index is 1.44. The molecular weight excluding hydrogens is 418 g/mol. The summed E-state index contributed by atoms with van der Waals surface area (Å²) in [6, 6.07) is 20.3. The molecule has 0 radical (unpaired) electrons. The maximum absolute atomic E-state index is 12.8. The molecule has 4 rings (SSSR count). The molecule has 1 aliphatic rings. The lowest BCUT2D eigenvalue weighted by Crippen LogP contribution is -2.27. The molecule has 1 fully saturated rings. The summed E-state index contributed by atoms with van der Waals surface area (Å²) in [5, 5.41) is 3.28. The van der Waals surface area contributed by atoms with Crippen LogP contribution in [-0.4, -0.2) is 32.7 Å². The lowest BCUT2D eigenvalue weighted by Gasteiger charge is -2.13. The van der Waals surface area contributed by atoms with Gasteiger partial charge in [-0.05, 0) is 42.0 Å². The lowest BCUT2D eigenvalue weighted by molar-refractivity contribution is -0.125. The number of imide groups is 1. The molecule has 1 N–H and O–H groups in total. The average Bonchev–Trinajstić information content (AvgIpc) is 3.08. The van der Waals surface area contributed by atoms with E-state index in [1.54, 1.807) is 42.6 Å². The van der Waals surface area contributed by atoms with E-state index >= 15 is 0 Å². The van der Waals surface area contributed by atoms with Crippen LogP contribution in [0, 0.1) is 0 Å². The van der Waals surface area contributed by atoms with E-state index in [2.05, 4.69) is 10.3 Å². The first-order valence-corrected chi connectivity index (χ1v) is 11.0. The number of hydrogen-bond donors (Lipinski definition) is 1. The summed E-state index contributed by atoms with van der Waals surface area (Å²) in [5.74, 6) is -0.237. The Morgan fingerprint density at radius 1 is 1.03 bits per heavy atom. The van der Waals surface area contributed by atoms with Crippen molar-refractivity contribution in [3.63, 3.8) is 0 Å². The van der Waals surface area contributed by atoms with Crippen LogP contribution in [0.3, 0.4) is 0 Å². The Kier molecular flexibility index (Phi) is 6.15. The van der Waals surface area contributed by atoms with Crippen molar-refractivity contribution < 1.29 is 14.4 Å². The summed E-state index contributed by atoms with van der Waals surface area (Å²) < 4.78 is 0. The molecule has 2 heterocycles. The van der Waals surface area contributed by atoms with Gasteiger partial charge in [-0.15, -0.1) is 0 Å². The van der Waals surface area contributed by atoms with Gasteiger partial charge in [-0.3, -0.25) is 19.3 Å². The smallest absolute Gasteiger partial charge is 0.289 e. The minimum Gasteiger partial charge on any atom is -0.322 e. The number of benzene rings is 2. The van der Waals surface area contributed by atoms with Crippen LogP contribution in [0.5, 0.6) is 0 Å². The summed E-state index contributed by atoms with van der Waals surface area (Å²) in [6.45, 7) is 0.235. The van der Waals surface area contributed by atoms with Crippen molar-refractivity contribution in [3.8, 4) is 0 Å². The second kappa shape index (κ2) is 9.15. The van der Waals surface area contributed by atoms with Gasteiger partial charge in [-0.1, -0.05) is 53.9 Å². The van der Waals surface area contributed by atoms with Crippen LogP contribution in [0.25, 0.3) is 0 Å². The third-order valence-electron chi connectivity index (χ3n) is 4.37. The van der Waals surface area contributed by atoms with E-state index in [0.29, 0.717) is 16.3 Å². The molecule has 150 valence electrons. The molecule has 0 atom stereocenters. The fourth-order valence-corrected chi connectivity index (χ4v) is 4.48. The number of thioether (sulfide) groups is 1. The quantitative estimate of drug-likeness (QED) is 0.606. The van der Waals surface area contributed by atoms with Crippen molar-refractivity contribution in [2.45, 2.75) is 16.5 Å². The average molecular weight is 436 g/mol. The van der Waals surface area contributed by atoms with Gasteiger partial charge in [-0.2, -0.15) is 0 Å². The zero-order valence-electron chi connectivity index (χ0n) is 15.8. The highest BCUT2D eigenvalue weighted by Gasteiger charge is 2.29. The van der Waals surface area contributed by atoms with Crippen LogP contribution >= 0.6 is 23.5 Å². The molecule has 0 aliphatic carbocycles. The van der Waals surface area contributed by atoms with E-state index in [0.717, 1.165) is 22.2 Å². The SMILES string of the molecule is O=C(Nc1ccc(CN2C(=O)CSC2=O)cc1)c1cccnc1Sc1ccccc1. The Morgan fingerprint density at radius 2 is 1.80 bits per heavy atom. The minimum absolute atomic E-state index is 0.178. The maximum Gasteiger partial charge on any atom is 0.289 e. The molecule has 6 nitrogen and oxygen atoms in total. The molecule has 8 heteroatoms. The Morgan fingerprint density at radius 3 is 2.50 bits per heavy atom. The monoisotopic (exact) mass is 435 g/mol. The summed E-state index contributed by atoms with van der Waals surface area (Å²) in [7, 11) is 0. The number of amides is 3. The van der Waals surface area contributed by atoms with Gasteiger partial charge in [0.2, 0.25) is 5.91 Å². The van der Waals surface area contributed by atoms with Gasteiger partial charge in [0, 0.05) is 16.8 Å². The molecule has 3 aromatic rings. The molecule has 0 saturated carbocycles. The first-order chi connectivity index (χ1) is 14.6. The van der Waals surface area contributed by atoms with Crippen LogP contribution in [0.15, 0.2) is 82.8 Å². The molecule has 1 aromatic heterocycles. The van der Waals surface area contributed by atoms with Gasteiger partial charge >= 0.3 is 0 Å². The Bertz CT molecular complexity index is 1070. The second-order valence-electron chi connectivity index (χ2n) is 6.46. The first kappa shape index (κ1) is 20.2. The van der Waals surface area contributed by atoms with Crippen molar-refractivity contribution in [1.29, 1.82) is 0 Å². The highest BCUT2D eigenvalue weighted by Crippen LogP contribution is 2.29. The van der Waals surface area contributed by atoms with E-state index in [1.165, 1.54) is 16.7 Å². The van der Waals surface area contributed by atoms with E-state index in [4.69, 9.17) is 0 Å². The van der Waals surface area contributed by atoms with Gasteiger partial charge < -0.3 is 5.32 Å². The highest BCUT2D eigenvalue weighted by molar-refractivity contribution is 8.14. The Labute approximate surface area is 182 Å². The predicted octanol–water partition coefficient (Wildman–Crippen LogP) is 4.68. The number of pyridine rings is 1. The third kappa shape index (κ3) is 4.72. The van der Waals surface area contributed by atoms with Crippen molar-refractivity contribution in [2.24, 2.45) is 0 Å². The lowest BCUT2D eigenvalue weighted by atomic mass is 10.2. The molecule has 30 heavy (non-hydrogen) atoms. The van der Waals surface area contributed by atoms with Crippen LogP contribution < -0.4 is 5.32 Å². The number of carbonyl (C=O) groups is 3. The van der Waals surface area contributed by atoms with Crippen molar-refractivity contribution in [2.75, 3.05) is 11.1 Å². The zero-order valence-corrected chi connectivity index (χ0v) is 17.4. The normalized spacial score (nSPS) is 13.5. The molecule has 1 saturated heterocycles. The van der Waals surface area contributed by atoms with Crippen molar-refractivity contribution >= 4 is 46.3 Å². The number of carbonyl (C=O) groups excluding carboxylic acids is 3. The minimum atomic E-state index is -0.254. The van der Waals surface area contributed by atoms with Crippen LogP contribution in [0.1, 0.15) is 15.9 Å². The number of nitrogens with one attached hydrogen (secondary N) is 1. The summed E-state index contributed by atoms with van der Waals surface area (Å²) in [4.78, 5) is 42.9. The number of anilines is 1. The van der Waals surface area contributed by atoms with Crippen LogP contribution in [-0.2, 0) is 11.3 Å². The second-order valence-corrected chi connectivity index (χ2v) is 8.45. The molecule has 1 aliphatic heterocycles. The molecule has 0 bridgehead atoms. The van der Waals surface area contributed by atoms with Crippen LogP contribution in [0.4, 0.5) is 10.5 Å². The summed E-state index contributed by atoms with van der Waals surface area (Å²) in [6.07, 6.45) is 1.66. The predicted molar refractivity (Wildman–Crippen MR) is 118 cm³/mol. The van der Waals surface area contributed by atoms with Crippen LogP contribution in [0.2, 0.25) is 0 Å². The Hall–Kier alpha value is -3.10. The summed E-state index contributed by atoms with van der Waals surface area (Å²) >= 11 is 2.45. The molecule has 2 aromatic carbocycles. The fraction of sp³-hybridized carbons (Fsp3) is 0.0909. The number of rotatable bonds is 6. The number of nitrogens with zero attached hydrogens (tertiary/aromatic N) is 2. The highest BCUT2D eigenvalue weighted by atomic mass is 32.2. The number of aromatic nitrogens is 1.